The minimum Gasteiger partial charge on any atom is -0.400 e. The first kappa shape index (κ1) is 21.9. The van der Waals surface area contributed by atoms with Crippen LogP contribution < -0.4 is 10.5 Å². The number of carbonyl (C=O) groups excluding carboxylic acids is 1. The van der Waals surface area contributed by atoms with Crippen LogP contribution in [0.25, 0.3) is 6.08 Å². The lowest BCUT2D eigenvalue weighted by molar-refractivity contribution is -0.118. The standard InChI is InChI=1S/C17H24BClN2O5S/c1-11(22)21-10-13(18-25-16(2,3)17(4,5)26-18)8-12-6-7-15(14(19)9-12)27(20,23)24/h6-9H,10H2,1-5H3,(H,21,22)(H2,20,23,24). The first-order chi connectivity index (χ1) is 12.2. The summed E-state index contributed by atoms with van der Waals surface area (Å²) in [4.78, 5) is 11.2. The largest absolute Gasteiger partial charge is 0.492 e. The summed E-state index contributed by atoms with van der Waals surface area (Å²) in [5.41, 5.74) is 0.218. The van der Waals surface area contributed by atoms with E-state index in [4.69, 9.17) is 26.0 Å². The van der Waals surface area contributed by atoms with Crippen molar-refractivity contribution in [2.75, 3.05) is 6.54 Å². The molecule has 1 amide bonds. The van der Waals surface area contributed by atoms with E-state index in [1.54, 1.807) is 12.1 Å². The number of primary sulfonamides is 1. The Morgan fingerprint density at radius 3 is 2.26 bits per heavy atom. The molecule has 1 aromatic rings. The predicted molar refractivity (Wildman–Crippen MR) is 106 cm³/mol. The van der Waals surface area contributed by atoms with E-state index in [0.717, 1.165) is 0 Å². The van der Waals surface area contributed by atoms with Gasteiger partial charge in [-0.05, 0) is 50.9 Å². The van der Waals surface area contributed by atoms with Crippen LogP contribution in [0.4, 0.5) is 0 Å². The molecule has 0 radical (unpaired) electrons. The van der Waals surface area contributed by atoms with Crippen LogP contribution in [0.1, 0.15) is 40.2 Å². The van der Waals surface area contributed by atoms with Gasteiger partial charge in [0, 0.05) is 13.5 Å². The van der Waals surface area contributed by atoms with Gasteiger partial charge in [-0.15, -0.1) is 0 Å². The number of sulfonamides is 1. The molecule has 7 nitrogen and oxygen atoms in total. The second kappa shape index (κ2) is 7.56. The highest BCUT2D eigenvalue weighted by Gasteiger charge is 2.52. The summed E-state index contributed by atoms with van der Waals surface area (Å²) in [5, 5.41) is 7.88. The molecule has 0 aliphatic carbocycles. The minimum atomic E-state index is -3.91. The van der Waals surface area contributed by atoms with Crippen molar-refractivity contribution < 1.29 is 22.5 Å². The van der Waals surface area contributed by atoms with Gasteiger partial charge < -0.3 is 14.6 Å². The lowest BCUT2D eigenvalue weighted by atomic mass is 9.77. The Morgan fingerprint density at radius 2 is 1.81 bits per heavy atom. The van der Waals surface area contributed by atoms with E-state index in [9.17, 15) is 13.2 Å². The zero-order valence-corrected chi connectivity index (χ0v) is 17.6. The summed E-state index contributed by atoms with van der Waals surface area (Å²) in [7, 11) is -4.57. The summed E-state index contributed by atoms with van der Waals surface area (Å²) < 4.78 is 35.1. The van der Waals surface area contributed by atoms with E-state index in [0.29, 0.717) is 11.0 Å². The van der Waals surface area contributed by atoms with Crippen molar-refractivity contribution in [2.24, 2.45) is 5.14 Å². The Hall–Kier alpha value is -1.39. The molecule has 1 fully saturated rings. The van der Waals surface area contributed by atoms with Crippen molar-refractivity contribution in [1.82, 2.24) is 5.32 Å². The average molecular weight is 415 g/mol. The van der Waals surface area contributed by atoms with Gasteiger partial charge in [-0.1, -0.05) is 23.7 Å². The van der Waals surface area contributed by atoms with E-state index in [1.807, 2.05) is 27.7 Å². The number of amides is 1. The zero-order chi connectivity index (χ0) is 20.6. The van der Waals surface area contributed by atoms with E-state index in [1.165, 1.54) is 19.1 Å². The highest BCUT2D eigenvalue weighted by atomic mass is 35.5. The summed E-state index contributed by atoms with van der Waals surface area (Å²) in [6, 6.07) is 4.40. The van der Waals surface area contributed by atoms with Crippen LogP contribution in [0.3, 0.4) is 0 Å². The van der Waals surface area contributed by atoms with Crippen molar-refractivity contribution in [3.8, 4) is 0 Å². The molecule has 0 spiro atoms. The molecule has 2 rings (SSSR count). The number of rotatable bonds is 5. The molecule has 27 heavy (non-hydrogen) atoms. The number of benzene rings is 1. The van der Waals surface area contributed by atoms with Gasteiger partial charge in [0.05, 0.1) is 16.2 Å². The molecule has 0 atom stereocenters. The van der Waals surface area contributed by atoms with Crippen molar-refractivity contribution in [1.29, 1.82) is 0 Å². The molecule has 1 aromatic carbocycles. The molecular formula is C17H24BClN2O5S. The summed E-state index contributed by atoms with van der Waals surface area (Å²) >= 11 is 6.05. The van der Waals surface area contributed by atoms with Crippen LogP contribution in [0, 0.1) is 0 Å². The topological polar surface area (TPSA) is 108 Å². The van der Waals surface area contributed by atoms with E-state index in [-0.39, 0.29) is 22.4 Å². The molecule has 3 N–H and O–H groups in total. The summed E-state index contributed by atoms with van der Waals surface area (Å²) in [6.07, 6.45) is 1.75. The summed E-state index contributed by atoms with van der Waals surface area (Å²) in [5.74, 6) is -0.194. The van der Waals surface area contributed by atoms with E-state index in [2.05, 4.69) is 5.32 Å². The molecule has 1 saturated heterocycles. The molecular weight excluding hydrogens is 391 g/mol. The maximum atomic E-state index is 11.5. The van der Waals surface area contributed by atoms with Gasteiger partial charge in [0.2, 0.25) is 15.9 Å². The zero-order valence-electron chi connectivity index (χ0n) is 16.0. The molecule has 148 valence electrons. The fourth-order valence-electron chi connectivity index (χ4n) is 2.48. The Kier molecular flexibility index (Phi) is 6.13. The van der Waals surface area contributed by atoms with Gasteiger partial charge in [0.25, 0.3) is 0 Å². The third-order valence-corrected chi connectivity index (χ3v) is 6.11. The third-order valence-electron chi connectivity index (χ3n) is 4.71. The van der Waals surface area contributed by atoms with Crippen LogP contribution in [-0.4, -0.2) is 39.2 Å². The molecule has 1 heterocycles. The van der Waals surface area contributed by atoms with Gasteiger partial charge in [-0.3, -0.25) is 4.79 Å². The fourth-order valence-corrected chi connectivity index (χ4v) is 3.58. The van der Waals surface area contributed by atoms with Crippen molar-refractivity contribution >= 4 is 40.7 Å². The number of halogens is 1. The number of carbonyl (C=O) groups is 1. The van der Waals surface area contributed by atoms with Crippen LogP contribution in [0.15, 0.2) is 28.6 Å². The van der Waals surface area contributed by atoms with Crippen LogP contribution in [-0.2, 0) is 24.1 Å². The monoisotopic (exact) mass is 414 g/mol. The molecule has 0 aromatic heterocycles. The Labute approximate surface area is 165 Å². The van der Waals surface area contributed by atoms with E-state index >= 15 is 0 Å². The number of nitrogens with two attached hydrogens (primary N) is 1. The number of hydrogen-bond donors (Lipinski definition) is 2. The van der Waals surface area contributed by atoms with Crippen LogP contribution >= 0.6 is 11.6 Å². The molecule has 0 saturated carbocycles. The molecule has 10 heteroatoms. The van der Waals surface area contributed by atoms with Gasteiger partial charge in [-0.25, -0.2) is 13.6 Å². The smallest absolute Gasteiger partial charge is 0.400 e. The molecule has 0 unspecified atom stereocenters. The van der Waals surface area contributed by atoms with Gasteiger partial charge in [0.15, 0.2) is 0 Å². The highest BCUT2D eigenvalue weighted by molar-refractivity contribution is 7.89. The fraction of sp³-hybridized carbons (Fsp3) is 0.471. The Bertz CT molecular complexity index is 867. The quantitative estimate of drug-likeness (QED) is 0.718. The Morgan fingerprint density at radius 1 is 1.26 bits per heavy atom. The lowest BCUT2D eigenvalue weighted by Gasteiger charge is -2.32. The van der Waals surface area contributed by atoms with Gasteiger partial charge in [0.1, 0.15) is 4.90 Å². The minimum absolute atomic E-state index is 0.0130. The van der Waals surface area contributed by atoms with Crippen LogP contribution in [0.5, 0.6) is 0 Å². The van der Waals surface area contributed by atoms with E-state index < -0.39 is 28.3 Å². The normalized spacial score (nSPS) is 19.2. The maximum absolute atomic E-state index is 11.5. The van der Waals surface area contributed by atoms with Crippen LogP contribution in [0.2, 0.25) is 5.02 Å². The SMILES string of the molecule is CC(=O)NCC(=Cc1ccc(S(N)(=O)=O)c(Cl)c1)B1OC(C)(C)C(C)(C)O1. The predicted octanol–water partition coefficient (Wildman–Crippen LogP) is 2.14. The maximum Gasteiger partial charge on any atom is 0.492 e. The van der Waals surface area contributed by atoms with Crippen molar-refractivity contribution in [3.63, 3.8) is 0 Å². The molecule has 1 aliphatic rings. The van der Waals surface area contributed by atoms with Crippen molar-refractivity contribution in [3.05, 3.63) is 34.3 Å². The first-order valence-electron chi connectivity index (χ1n) is 8.36. The molecule has 0 bridgehead atoms. The highest BCUT2D eigenvalue weighted by Crippen LogP contribution is 2.38. The molecule has 1 aliphatic heterocycles. The van der Waals surface area contributed by atoms with Crippen molar-refractivity contribution in [2.45, 2.75) is 50.7 Å². The first-order valence-corrected chi connectivity index (χ1v) is 10.3. The van der Waals surface area contributed by atoms with Gasteiger partial charge >= 0.3 is 7.12 Å². The second-order valence-electron chi connectivity index (χ2n) is 7.45. The lowest BCUT2D eigenvalue weighted by Crippen LogP contribution is -2.41. The second-order valence-corrected chi connectivity index (χ2v) is 9.39. The average Bonchev–Trinajstić information content (AvgIpc) is 2.70. The number of nitrogens with one attached hydrogen (secondary N) is 1. The Balaban J connectivity index is 2.40. The third kappa shape index (κ3) is 5.11. The van der Waals surface area contributed by atoms with Gasteiger partial charge in [-0.2, -0.15) is 0 Å². The summed E-state index contributed by atoms with van der Waals surface area (Å²) in [6.45, 7) is 9.35. The number of hydrogen-bond acceptors (Lipinski definition) is 5.